The normalized spacial score (nSPS) is 18.3. The first-order chi connectivity index (χ1) is 15.1. The van der Waals surface area contributed by atoms with Gasteiger partial charge >= 0.3 is 0 Å². The molecule has 184 valence electrons. The molecular formula is C22H41N5O5. The lowest BCUT2D eigenvalue weighted by atomic mass is 9.84. The second-order valence-corrected chi connectivity index (χ2v) is 9.11. The summed E-state index contributed by atoms with van der Waals surface area (Å²) >= 11 is 0. The molecule has 32 heavy (non-hydrogen) atoms. The molecule has 4 atom stereocenters. The highest BCUT2D eigenvalue weighted by Gasteiger charge is 2.33. The Kier molecular flexibility index (Phi) is 12.2. The maximum atomic E-state index is 13.1. The number of aliphatic hydroxyl groups excluding tert-OH is 1. The first-order valence-corrected chi connectivity index (χ1v) is 11.6. The first kappa shape index (κ1) is 27.8. The van der Waals surface area contributed by atoms with Crippen molar-refractivity contribution in [2.75, 3.05) is 6.54 Å². The van der Waals surface area contributed by atoms with Crippen LogP contribution in [0.5, 0.6) is 0 Å². The average Bonchev–Trinajstić information content (AvgIpc) is 2.73. The molecule has 4 amide bonds. The van der Waals surface area contributed by atoms with Gasteiger partial charge in [0.15, 0.2) is 0 Å². The number of nitrogens with two attached hydrogens (primary N) is 2. The van der Waals surface area contributed by atoms with Gasteiger partial charge in [0.05, 0.1) is 6.10 Å². The van der Waals surface area contributed by atoms with Crippen molar-refractivity contribution < 1.29 is 24.3 Å². The Labute approximate surface area is 190 Å². The van der Waals surface area contributed by atoms with Gasteiger partial charge in [0, 0.05) is 6.42 Å². The minimum absolute atomic E-state index is 0.230. The van der Waals surface area contributed by atoms with E-state index in [4.69, 9.17) is 11.5 Å². The lowest BCUT2D eigenvalue weighted by molar-refractivity contribution is -0.135. The summed E-state index contributed by atoms with van der Waals surface area (Å²) in [5, 5.41) is 17.7. The lowest BCUT2D eigenvalue weighted by Crippen LogP contribution is -2.59. The Morgan fingerprint density at radius 2 is 1.53 bits per heavy atom. The Bertz CT molecular complexity index is 634. The van der Waals surface area contributed by atoms with Crippen LogP contribution in [-0.2, 0) is 19.2 Å². The molecule has 1 aliphatic rings. The van der Waals surface area contributed by atoms with Gasteiger partial charge in [-0.2, -0.15) is 0 Å². The predicted octanol–water partition coefficient (Wildman–Crippen LogP) is -0.328. The number of hydrogen-bond donors (Lipinski definition) is 6. The minimum Gasteiger partial charge on any atom is -0.391 e. The van der Waals surface area contributed by atoms with Crippen LogP contribution in [-0.4, -0.2) is 59.5 Å². The van der Waals surface area contributed by atoms with Crippen molar-refractivity contribution in [2.24, 2.45) is 23.3 Å². The van der Waals surface area contributed by atoms with E-state index in [1.807, 2.05) is 0 Å². The first-order valence-electron chi connectivity index (χ1n) is 11.6. The smallest absolute Gasteiger partial charge is 0.243 e. The number of nitrogens with one attached hydrogen (secondary N) is 3. The van der Waals surface area contributed by atoms with Gasteiger partial charge in [0.1, 0.15) is 18.1 Å². The Morgan fingerprint density at radius 3 is 2.03 bits per heavy atom. The van der Waals surface area contributed by atoms with Crippen molar-refractivity contribution in [3.63, 3.8) is 0 Å². The summed E-state index contributed by atoms with van der Waals surface area (Å²) < 4.78 is 0. The molecule has 10 nitrogen and oxygen atoms in total. The van der Waals surface area contributed by atoms with Gasteiger partial charge in [-0.15, -0.1) is 0 Å². The highest BCUT2D eigenvalue weighted by Crippen LogP contribution is 2.27. The number of primary amides is 1. The van der Waals surface area contributed by atoms with Crippen LogP contribution in [0.25, 0.3) is 0 Å². The molecule has 0 radical (unpaired) electrons. The summed E-state index contributed by atoms with van der Waals surface area (Å²) in [6, 6.07) is -2.99. The van der Waals surface area contributed by atoms with E-state index in [1.165, 1.54) is 13.3 Å². The van der Waals surface area contributed by atoms with Gasteiger partial charge < -0.3 is 32.5 Å². The van der Waals surface area contributed by atoms with Crippen LogP contribution < -0.4 is 27.4 Å². The fourth-order valence-corrected chi connectivity index (χ4v) is 3.98. The van der Waals surface area contributed by atoms with Crippen LogP contribution in [0.3, 0.4) is 0 Å². The molecule has 1 aliphatic carbocycles. The number of aliphatic hydroxyl groups is 1. The SMILES string of the molecule is CC(C)[C@H](NC(=O)[C@H](CC1CCCCC1)NC(=O)CCCN)C(=O)N[C@H](C(N)=O)[C@@H](C)O. The molecule has 0 aliphatic heterocycles. The third-order valence-corrected chi connectivity index (χ3v) is 5.89. The van der Waals surface area contributed by atoms with E-state index in [0.29, 0.717) is 25.3 Å². The van der Waals surface area contributed by atoms with Crippen LogP contribution in [0, 0.1) is 11.8 Å². The van der Waals surface area contributed by atoms with E-state index in [-0.39, 0.29) is 18.2 Å². The molecule has 8 N–H and O–H groups in total. The third-order valence-electron chi connectivity index (χ3n) is 5.89. The standard InChI is InChI=1S/C22H41N5O5/c1-13(2)18(22(32)27-19(14(3)28)20(24)30)26-21(31)16(25-17(29)10-7-11-23)12-15-8-5-4-6-9-15/h13-16,18-19,28H,4-12,23H2,1-3H3,(H2,24,30)(H,25,29)(H,26,31)(H,27,32)/t14-,16+,18+,19+/m1/s1. The third kappa shape index (κ3) is 9.52. The summed E-state index contributed by atoms with van der Waals surface area (Å²) in [6.45, 7) is 5.23. The lowest BCUT2D eigenvalue weighted by Gasteiger charge is -2.30. The molecule has 0 aromatic carbocycles. The molecule has 10 heteroatoms. The molecule has 0 heterocycles. The summed E-state index contributed by atoms with van der Waals surface area (Å²) in [5.74, 6) is -2.16. The second kappa shape index (κ2) is 14.1. The van der Waals surface area contributed by atoms with Crippen molar-refractivity contribution in [3.05, 3.63) is 0 Å². The summed E-state index contributed by atoms with van der Waals surface area (Å²) in [4.78, 5) is 49.7. The Hall–Kier alpha value is -2.20. The molecular weight excluding hydrogens is 414 g/mol. The average molecular weight is 456 g/mol. The maximum absolute atomic E-state index is 13.1. The van der Waals surface area contributed by atoms with Gasteiger partial charge in [-0.3, -0.25) is 19.2 Å². The number of amides is 4. The zero-order chi connectivity index (χ0) is 24.3. The molecule has 0 bridgehead atoms. The van der Waals surface area contributed by atoms with Gasteiger partial charge in [0.2, 0.25) is 23.6 Å². The second-order valence-electron chi connectivity index (χ2n) is 9.11. The minimum atomic E-state index is -1.27. The largest absolute Gasteiger partial charge is 0.391 e. The molecule has 1 saturated carbocycles. The number of carbonyl (C=O) groups excluding carboxylic acids is 4. The fourth-order valence-electron chi connectivity index (χ4n) is 3.98. The van der Waals surface area contributed by atoms with E-state index in [9.17, 15) is 24.3 Å². The predicted molar refractivity (Wildman–Crippen MR) is 121 cm³/mol. The van der Waals surface area contributed by atoms with E-state index < -0.39 is 42.0 Å². The quantitative estimate of drug-likeness (QED) is 0.221. The molecule has 0 aromatic heterocycles. The molecule has 0 unspecified atom stereocenters. The van der Waals surface area contributed by atoms with E-state index >= 15 is 0 Å². The van der Waals surface area contributed by atoms with Gasteiger partial charge in [-0.05, 0) is 38.1 Å². The molecule has 0 saturated heterocycles. The van der Waals surface area contributed by atoms with Gasteiger partial charge in [-0.1, -0.05) is 46.0 Å². The Balaban J connectivity index is 2.91. The number of hydrogen-bond acceptors (Lipinski definition) is 6. The van der Waals surface area contributed by atoms with Crippen molar-refractivity contribution in [1.82, 2.24) is 16.0 Å². The van der Waals surface area contributed by atoms with Crippen LogP contribution in [0.15, 0.2) is 0 Å². The zero-order valence-corrected chi connectivity index (χ0v) is 19.6. The van der Waals surface area contributed by atoms with E-state index in [1.54, 1.807) is 13.8 Å². The van der Waals surface area contributed by atoms with Crippen molar-refractivity contribution in [3.8, 4) is 0 Å². The summed E-state index contributed by atoms with van der Waals surface area (Å²) in [7, 11) is 0. The fraction of sp³-hybridized carbons (Fsp3) is 0.818. The highest BCUT2D eigenvalue weighted by atomic mass is 16.3. The zero-order valence-electron chi connectivity index (χ0n) is 19.6. The molecule has 0 aromatic rings. The summed E-state index contributed by atoms with van der Waals surface area (Å²) in [5.41, 5.74) is 10.7. The molecule has 1 rings (SSSR count). The van der Waals surface area contributed by atoms with Crippen molar-refractivity contribution >= 4 is 23.6 Å². The van der Waals surface area contributed by atoms with Crippen molar-refractivity contribution in [1.29, 1.82) is 0 Å². The van der Waals surface area contributed by atoms with E-state index in [2.05, 4.69) is 16.0 Å². The van der Waals surface area contributed by atoms with Crippen LogP contribution >= 0.6 is 0 Å². The molecule has 1 fully saturated rings. The van der Waals surface area contributed by atoms with E-state index in [0.717, 1.165) is 25.7 Å². The van der Waals surface area contributed by atoms with Crippen LogP contribution in [0.1, 0.15) is 72.1 Å². The van der Waals surface area contributed by atoms with Gasteiger partial charge in [0.25, 0.3) is 0 Å². The number of carbonyl (C=O) groups is 4. The molecule has 0 spiro atoms. The van der Waals surface area contributed by atoms with Crippen LogP contribution in [0.4, 0.5) is 0 Å². The topological polar surface area (TPSA) is 177 Å². The van der Waals surface area contributed by atoms with Crippen LogP contribution in [0.2, 0.25) is 0 Å². The monoisotopic (exact) mass is 455 g/mol. The van der Waals surface area contributed by atoms with Gasteiger partial charge in [-0.25, -0.2) is 0 Å². The number of rotatable bonds is 13. The Morgan fingerprint density at radius 1 is 0.938 bits per heavy atom. The van der Waals surface area contributed by atoms with Crippen molar-refractivity contribution in [2.45, 2.75) is 96.4 Å². The summed E-state index contributed by atoms with van der Waals surface area (Å²) in [6.07, 6.45) is 5.47. The maximum Gasteiger partial charge on any atom is 0.243 e. The highest BCUT2D eigenvalue weighted by molar-refractivity contribution is 5.94.